The molecule has 2 unspecified atom stereocenters. The lowest BCUT2D eigenvalue weighted by Crippen LogP contribution is -2.35. The summed E-state index contributed by atoms with van der Waals surface area (Å²) in [6.45, 7) is 4.40. The molecule has 2 heterocycles. The molecule has 2 atom stereocenters. The summed E-state index contributed by atoms with van der Waals surface area (Å²) in [4.78, 5) is 4.35. The number of hydrogen-bond donors (Lipinski definition) is 2. The Morgan fingerprint density at radius 3 is 2.93 bits per heavy atom. The second-order valence-electron chi connectivity index (χ2n) is 7.99. The van der Waals surface area contributed by atoms with E-state index in [9.17, 15) is 0 Å². The highest BCUT2D eigenvalue weighted by Gasteiger charge is 2.19. The first kappa shape index (κ1) is 18.7. The highest BCUT2D eigenvalue weighted by molar-refractivity contribution is 5.97. The van der Waals surface area contributed by atoms with Gasteiger partial charge in [0.2, 0.25) is 0 Å². The van der Waals surface area contributed by atoms with Gasteiger partial charge in [-0.1, -0.05) is 25.2 Å². The van der Waals surface area contributed by atoms with Crippen LogP contribution in [0.5, 0.6) is 0 Å². The van der Waals surface area contributed by atoms with E-state index in [1.807, 2.05) is 12.4 Å². The molecule has 1 saturated heterocycles. The summed E-state index contributed by atoms with van der Waals surface area (Å²) in [5.41, 5.74) is 3.70. The van der Waals surface area contributed by atoms with Gasteiger partial charge in [-0.05, 0) is 78.9 Å². The van der Waals surface area contributed by atoms with Crippen LogP contribution >= 0.6 is 0 Å². The summed E-state index contributed by atoms with van der Waals surface area (Å²) in [5.74, 6) is 0.905. The van der Waals surface area contributed by atoms with E-state index in [2.05, 4.69) is 65.0 Å². The highest BCUT2D eigenvalue weighted by atomic mass is 15.0. The third kappa shape index (κ3) is 4.10. The Hall–Kier alpha value is -2.64. The van der Waals surface area contributed by atoms with Gasteiger partial charge in [-0.2, -0.15) is 5.26 Å². The number of nitriles is 1. The molecule has 1 aromatic carbocycles. The minimum absolute atomic E-state index is 0.447. The molecule has 4 nitrogen and oxygen atoms in total. The molecule has 4 heteroatoms. The largest absolute Gasteiger partial charge is 0.382 e. The second kappa shape index (κ2) is 8.58. The first-order valence-corrected chi connectivity index (χ1v) is 10.4. The SMILES string of the molecule is CC1C=C(c2cc(NC3CCNCC3)c3cnccc3c2)C=CC1CCC#N. The van der Waals surface area contributed by atoms with Gasteiger partial charge in [0.1, 0.15) is 0 Å². The minimum atomic E-state index is 0.447. The van der Waals surface area contributed by atoms with Crippen molar-refractivity contribution in [2.45, 2.75) is 38.6 Å². The van der Waals surface area contributed by atoms with Crippen molar-refractivity contribution in [1.29, 1.82) is 5.26 Å². The van der Waals surface area contributed by atoms with Crippen molar-refractivity contribution in [3.8, 4) is 6.07 Å². The molecule has 28 heavy (non-hydrogen) atoms. The molecule has 144 valence electrons. The number of aromatic nitrogens is 1. The summed E-state index contributed by atoms with van der Waals surface area (Å²) < 4.78 is 0. The zero-order valence-corrected chi connectivity index (χ0v) is 16.5. The number of fused-ring (bicyclic) bond motifs is 1. The fourth-order valence-corrected chi connectivity index (χ4v) is 4.32. The lowest BCUT2D eigenvalue weighted by molar-refractivity contribution is 0.479. The van der Waals surface area contributed by atoms with Gasteiger partial charge in [-0.3, -0.25) is 4.98 Å². The third-order valence-electron chi connectivity index (χ3n) is 6.02. The zero-order chi connectivity index (χ0) is 19.3. The summed E-state index contributed by atoms with van der Waals surface area (Å²) in [6.07, 6.45) is 14.6. The summed E-state index contributed by atoms with van der Waals surface area (Å²) in [6, 6.07) is 9.42. The predicted molar refractivity (Wildman–Crippen MR) is 116 cm³/mol. The number of nitrogens with one attached hydrogen (secondary N) is 2. The first-order valence-electron chi connectivity index (χ1n) is 10.4. The van der Waals surface area contributed by atoms with E-state index in [4.69, 9.17) is 5.26 Å². The van der Waals surface area contributed by atoms with Crippen LogP contribution in [0, 0.1) is 23.2 Å². The van der Waals surface area contributed by atoms with Crippen molar-refractivity contribution in [1.82, 2.24) is 10.3 Å². The van der Waals surface area contributed by atoms with Gasteiger partial charge < -0.3 is 10.6 Å². The van der Waals surface area contributed by atoms with Gasteiger partial charge in [-0.15, -0.1) is 0 Å². The van der Waals surface area contributed by atoms with Crippen LogP contribution < -0.4 is 10.6 Å². The van der Waals surface area contributed by atoms with Gasteiger partial charge in [0, 0.05) is 35.9 Å². The maximum Gasteiger partial charge on any atom is 0.0621 e. The topological polar surface area (TPSA) is 60.7 Å². The van der Waals surface area contributed by atoms with Crippen LogP contribution in [0.15, 0.2) is 48.8 Å². The fraction of sp³-hybridized carbons (Fsp3) is 0.417. The lowest BCUT2D eigenvalue weighted by Gasteiger charge is -2.26. The molecular formula is C24H28N4. The molecule has 2 aliphatic rings. The molecule has 4 rings (SSSR count). The van der Waals surface area contributed by atoms with E-state index in [-0.39, 0.29) is 0 Å². The van der Waals surface area contributed by atoms with Crippen molar-refractivity contribution in [3.05, 3.63) is 54.4 Å². The number of anilines is 1. The highest BCUT2D eigenvalue weighted by Crippen LogP contribution is 2.34. The van der Waals surface area contributed by atoms with E-state index in [0.29, 0.717) is 24.3 Å². The molecule has 1 aliphatic carbocycles. The predicted octanol–water partition coefficient (Wildman–Crippen LogP) is 4.91. The molecule has 0 radical (unpaired) electrons. The van der Waals surface area contributed by atoms with Crippen molar-refractivity contribution >= 4 is 22.0 Å². The maximum absolute atomic E-state index is 8.87. The molecule has 1 aliphatic heterocycles. The van der Waals surface area contributed by atoms with Gasteiger partial charge in [-0.25, -0.2) is 0 Å². The molecule has 2 N–H and O–H groups in total. The van der Waals surface area contributed by atoms with Crippen molar-refractivity contribution in [2.24, 2.45) is 11.8 Å². The number of piperidine rings is 1. The first-order chi connectivity index (χ1) is 13.7. The Morgan fingerprint density at radius 1 is 1.29 bits per heavy atom. The Bertz CT molecular complexity index is 931. The Morgan fingerprint density at radius 2 is 2.14 bits per heavy atom. The minimum Gasteiger partial charge on any atom is -0.382 e. The van der Waals surface area contributed by atoms with Crippen LogP contribution in [0.25, 0.3) is 16.3 Å². The average molecular weight is 373 g/mol. The number of pyridine rings is 1. The van der Waals surface area contributed by atoms with Gasteiger partial charge in [0.05, 0.1) is 6.07 Å². The van der Waals surface area contributed by atoms with Gasteiger partial charge in [0.25, 0.3) is 0 Å². The molecule has 0 saturated carbocycles. The zero-order valence-electron chi connectivity index (χ0n) is 16.5. The van der Waals surface area contributed by atoms with E-state index < -0.39 is 0 Å². The molecular weight excluding hydrogens is 344 g/mol. The fourth-order valence-electron chi connectivity index (χ4n) is 4.32. The number of allylic oxidation sites excluding steroid dienone is 4. The monoisotopic (exact) mass is 372 g/mol. The van der Waals surface area contributed by atoms with Crippen LogP contribution in [-0.4, -0.2) is 24.1 Å². The van der Waals surface area contributed by atoms with Crippen molar-refractivity contribution in [3.63, 3.8) is 0 Å². The van der Waals surface area contributed by atoms with E-state index >= 15 is 0 Å². The molecule has 0 spiro atoms. The standard InChI is InChI=1S/C24H28N4/c1-17-13-19(5-4-18(17)3-2-9-25)21-14-20-6-10-27-16-23(20)24(15-21)28-22-7-11-26-12-8-22/h4-6,10,13-18,22,26,28H,2-3,7-8,11-12H2,1H3. The summed E-state index contributed by atoms with van der Waals surface area (Å²) >= 11 is 0. The van der Waals surface area contributed by atoms with Crippen LogP contribution in [0.2, 0.25) is 0 Å². The molecule has 0 amide bonds. The van der Waals surface area contributed by atoms with Crippen LogP contribution in [0.4, 0.5) is 5.69 Å². The van der Waals surface area contributed by atoms with E-state index in [0.717, 1.165) is 32.4 Å². The molecule has 1 aromatic heterocycles. The number of hydrogen-bond acceptors (Lipinski definition) is 4. The number of benzene rings is 1. The van der Waals surface area contributed by atoms with E-state index in [1.165, 1.54) is 27.6 Å². The average Bonchev–Trinajstić information content (AvgIpc) is 2.73. The molecule has 2 aromatic rings. The molecule has 1 fully saturated rings. The normalized spacial score (nSPS) is 22.6. The van der Waals surface area contributed by atoms with Crippen LogP contribution in [-0.2, 0) is 0 Å². The summed E-state index contributed by atoms with van der Waals surface area (Å²) in [5, 5.41) is 18.5. The van der Waals surface area contributed by atoms with Crippen LogP contribution in [0.1, 0.15) is 38.2 Å². The van der Waals surface area contributed by atoms with E-state index in [1.54, 1.807) is 0 Å². The number of nitrogens with zero attached hydrogens (tertiary/aromatic N) is 2. The Kier molecular flexibility index (Phi) is 5.73. The van der Waals surface area contributed by atoms with Crippen LogP contribution in [0.3, 0.4) is 0 Å². The van der Waals surface area contributed by atoms with Crippen molar-refractivity contribution in [2.75, 3.05) is 18.4 Å². The second-order valence-corrected chi connectivity index (χ2v) is 7.99. The van der Waals surface area contributed by atoms with Crippen molar-refractivity contribution < 1.29 is 0 Å². The Labute approximate surface area is 167 Å². The van der Waals surface area contributed by atoms with Gasteiger partial charge >= 0.3 is 0 Å². The smallest absolute Gasteiger partial charge is 0.0621 e. The quantitative estimate of drug-likeness (QED) is 0.783. The maximum atomic E-state index is 8.87. The Balaban J connectivity index is 1.64. The lowest BCUT2D eigenvalue weighted by atomic mass is 9.82. The number of rotatable bonds is 5. The third-order valence-corrected chi connectivity index (χ3v) is 6.02. The summed E-state index contributed by atoms with van der Waals surface area (Å²) in [7, 11) is 0. The molecule has 0 bridgehead atoms. The van der Waals surface area contributed by atoms with Gasteiger partial charge in [0.15, 0.2) is 0 Å².